The van der Waals surface area contributed by atoms with Gasteiger partial charge in [-0.2, -0.15) is 0 Å². The second-order valence-electron chi connectivity index (χ2n) is 6.56. The second-order valence-corrected chi connectivity index (χ2v) is 7.00. The van der Waals surface area contributed by atoms with Gasteiger partial charge in [-0.05, 0) is 66.8 Å². The maximum atomic E-state index is 12.8. The zero-order chi connectivity index (χ0) is 17.8. The van der Waals surface area contributed by atoms with Crippen LogP contribution in [0.4, 0.5) is 5.69 Å². The number of ketones is 1. The van der Waals surface area contributed by atoms with Crippen LogP contribution in [-0.4, -0.2) is 19.9 Å². The Bertz CT molecular complexity index is 831. The molecule has 3 heteroatoms. The number of carbonyl (C=O) groups is 1. The van der Waals surface area contributed by atoms with E-state index in [1.165, 1.54) is 0 Å². The summed E-state index contributed by atoms with van der Waals surface area (Å²) in [6, 6.07) is 15.9. The SMILES string of the molecule is CN(C)c1ccc(/C=C2\CCC/C(=C\c3cccc(Cl)c3)C2=O)cc1. The van der Waals surface area contributed by atoms with Crippen molar-refractivity contribution in [2.75, 3.05) is 19.0 Å². The van der Waals surface area contributed by atoms with Crippen LogP contribution in [0.5, 0.6) is 0 Å². The summed E-state index contributed by atoms with van der Waals surface area (Å²) in [7, 11) is 4.04. The molecule has 2 nitrogen and oxygen atoms in total. The van der Waals surface area contributed by atoms with Crippen molar-refractivity contribution < 1.29 is 4.79 Å². The summed E-state index contributed by atoms with van der Waals surface area (Å²) in [5.74, 6) is 0.155. The molecular formula is C22H22ClNO. The summed E-state index contributed by atoms with van der Waals surface area (Å²) < 4.78 is 0. The van der Waals surface area contributed by atoms with Gasteiger partial charge in [-0.3, -0.25) is 4.79 Å². The maximum absolute atomic E-state index is 12.8. The molecule has 0 radical (unpaired) electrons. The van der Waals surface area contributed by atoms with Gasteiger partial charge in [0.15, 0.2) is 5.78 Å². The highest BCUT2D eigenvalue weighted by Crippen LogP contribution is 2.28. The van der Waals surface area contributed by atoms with E-state index in [1.54, 1.807) is 0 Å². The quantitative estimate of drug-likeness (QED) is 0.668. The Hall–Kier alpha value is -2.32. The molecule has 1 aliphatic carbocycles. The van der Waals surface area contributed by atoms with Crippen molar-refractivity contribution in [1.82, 2.24) is 0 Å². The Labute approximate surface area is 154 Å². The van der Waals surface area contributed by atoms with Crippen molar-refractivity contribution >= 4 is 35.2 Å². The normalized spacial score (nSPS) is 18.0. The van der Waals surface area contributed by atoms with Gasteiger partial charge in [-0.15, -0.1) is 0 Å². The fourth-order valence-corrected chi connectivity index (χ4v) is 3.24. The minimum absolute atomic E-state index is 0.155. The van der Waals surface area contributed by atoms with Crippen LogP contribution in [0.1, 0.15) is 30.4 Å². The van der Waals surface area contributed by atoms with Crippen LogP contribution >= 0.6 is 11.6 Å². The lowest BCUT2D eigenvalue weighted by Crippen LogP contribution is -2.12. The van der Waals surface area contributed by atoms with Gasteiger partial charge in [0.2, 0.25) is 0 Å². The van der Waals surface area contributed by atoms with Gasteiger partial charge in [0.05, 0.1) is 0 Å². The molecule has 0 amide bonds. The molecule has 0 aromatic heterocycles. The number of nitrogens with zero attached hydrogens (tertiary/aromatic N) is 1. The van der Waals surface area contributed by atoms with E-state index >= 15 is 0 Å². The minimum Gasteiger partial charge on any atom is -0.378 e. The third kappa shape index (κ3) is 4.40. The van der Waals surface area contributed by atoms with E-state index in [0.29, 0.717) is 5.02 Å². The van der Waals surface area contributed by atoms with E-state index in [1.807, 2.05) is 50.5 Å². The van der Waals surface area contributed by atoms with Gasteiger partial charge < -0.3 is 4.90 Å². The maximum Gasteiger partial charge on any atom is 0.185 e. The Morgan fingerprint density at radius 2 is 1.56 bits per heavy atom. The second kappa shape index (κ2) is 7.71. The van der Waals surface area contributed by atoms with Crippen molar-refractivity contribution in [3.63, 3.8) is 0 Å². The molecule has 0 atom stereocenters. The van der Waals surface area contributed by atoms with Gasteiger partial charge in [-0.1, -0.05) is 35.9 Å². The average Bonchev–Trinajstić information content (AvgIpc) is 2.59. The number of hydrogen-bond acceptors (Lipinski definition) is 2. The first kappa shape index (κ1) is 17.5. The highest BCUT2D eigenvalue weighted by atomic mass is 35.5. The fraction of sp³-hybridized carbons (Fsp3) is 0.227. The molecule has 128 valence electrons. The standard InChI is InChI=1S/C22H22ClNO/c1-24(2)21-11-9-16(10-12-21)13-18-6-4-7-19(22(18)25)14-17-5-3-8-20(23)15-17/h3,5,8-15H,4,6-7H2,1-2H3/b18-13+,19-14+. The first-order valence-corrected chi connectivity index (χ1v) is 8.89. The van der Waals surface area contributed by atoms with Crippen molar-refractivity contribution in [3.8, 4) is 0 Å². The summed E-state index contributed by atoms with van der Waals surface area (Å²) in [4.78, 5) is 14.9. The van der Waals surface area contributed by atoms with E-state index in [2.05, 4.69) is 29.2 Å². The highest BCUT2D eigenvalue weighted by molar-refractivity contribution is 6.30. The van der Waals surface area contributed by atoms with Gasteiger partial charge in [-0.25, -0.2) is 0 Å². The molecule has 3 rings (SSSR count). The smallest absolute Gasteiger partial charge is 0.185 e. The van der Waals surface area contributed by atoms with Crippen molar-refractivity contribution in [2.24, 2.45) is 0 Å². The number of Topliss-reactive ketones (excluding diaryl/α,β-unsaturated/α-hetero) is 1. The molecule has 0 unspecified atom stereocenters. The lowest BCUT2D eigenvalue weighted by Gasteiger charge is -2.17. The summed E-state index contributed by atoms with van der Waals surface area (Å²) >= 11 is 6.04. The Kier molecular flexibility index (Phi) is 5.40. The lowest BCUT2D eigenvalue weighted by atomic mass is 9.87. The molecular weight excluding hydrogens is 330 g/mol. The molecule has 2 aromatic carbocycles. The zero-order valence-corrected chi connectivity index (χ0v) is 15.4. The first-order chi connectivity index (χ1) is 12.0. The van der Waals surface area contributed by atoms with Crippen LogP contribution < -0.4 is 4.90 Å². The number of benzene rings is 2. The third-order valence-corrected chi connectivity index (χ3v) is 4.65. The summed E-state index contributed by atoms with van der Waals surface area (Å²) in [6.07, 6.45) is 6.65. The van der Waals surface area contributed by atoms with Crippen molar-refractivity contribution in [3.05, 3.63) is 75.8 Å². The molecule has 1 aliphatic rings. The number of allylic oxidation sites excluding steroid dienone is 2. The van der Waals surface area contributed by atoms with Gasteiger partial charge in [0, 0.05) is 36.0 Å². The van der Waals surface area contributed by atoms with Gasteiger partial charge in [0.1, 0.15) is 0 Å². The molecule has 2 aromatic rings. The van der Waals surface area contributed by atoms with Crippen LogP contribution in [0, 0.1) is 0 Å². The van der Waals surface area contributed by atoms with Crippen molar-refractivity contribution in [1.29, 1.82) is 0 Å². The number of anilines is 1. The molecule has 1 saturated carbocycles. The molecule has 0 heterocycles. The van der Waals surface area contributed by atoms with Crippen molar-refractivity contribution in [2.45, 2.75) is 19.3 Å². The van der Waals surface area contributed by atoms with Crippen LogP contribution in [0.3, 0.4) is 0 Å². The molecule has 0 saturated heterocycles. The number of hydrogen-bond donors (Lipinski definition) is 0. The van der Waals surface area contributed by atoms with Crippen LogP contribution in [0.2, 0.25) is 5.02 Å². The number of halogens is 1. The van der Waals surface area contributed by atoms with E-state index in [4.69, 9.17) is 11.6 Å². The Balaban J connectivity index is 1.84. The van der Waals surface area contributed by atoms with E-state index in [9.17, 15) is 4.79 Å². The van der Waals surface area contributed by atoms with Crippen LogP contribution in [0.15, 0.2) is 59.7 Å². The predicted octanol–water partition coefficient (Wildman–Crippen LogP) is 5.63. The van der Waals surface area contributed by atoms with E-state index in [0.717, 1.165) is 47.2 Å². The Morgan fingerprint density at radius 1 is 0.920 bits per heavy atom. The van der Waals surface area contributed by atoms with Crippen LogP contribution in [-0.2, 0) is 4.79 Å². The monoisotopic (exact) mass is 351 g/mol. The molecule has 0 N–H and O–H groups in total. The number of carbonyl (C=O) groups excluding carboxylic acids is 1. The lowest BCUT2D eigenvalue weighted by molar-refractivity contribution is -0.112. The van der Waals surface area contributed by atoms with Gasteiger partial charge >= 0.3 is 0 Å². The van der Waals surface area contributed by atoms with Gasteiger partial charge in [0.25, 0.3) is 0 Å². The number of rotatable bonds is 3. The largest absolute Gasteiger partial charge is 0.378 e. The van der Waals surface area contributed by atoms with Crippen LogP contribution in [0.25, 0.3) is 12.2 Å². The predicted molar refractivity (Wildman–Crippen MR) is 107 cm³/mol. The Morgan fingerprint density at radius 3 is 2.16 bits per heavy atom. The fourth-order valence-electron chi connectivity index (χ4n) is 3.05. The molecule has 25 heavy (non-hydrogen) atoms. The molecule has 1 fully saturated rings. The molecule has 0 spiro atoms. The first-order valence-electron chi connectivity index (χ1n) is 8.52. The third-order valence-electron chi connectivity index (χ3n) is 4.42. The molecule has 0 bridgehead atoms. The highest BCUT2D eigenvalue weighted by Gasteiger charge is 2.20. The topological polar surface area (TPSA) is 20.3 Å². The van der Waals surface area contributed by atoms with E-state index < -0.39 is 0 Å². The summed E-state index contributed by atoms with van der Waals surface area (Å²) in [5, 5.41) is 0.689. The summed E-state index contributed by atoms with van der Waals surface area (Å²) in [5.41, 5.74) is 4.95. The summed E-state index contributed by atoms with van der Waals surface area (Å²) in [6.45, 7) is 0. The van der Waals surface area contributed by atoms with E-state index in [-0.39, 0.29) is 5.78 Å². The minimum atomic E-state index is 0.155. The zero-order valence-electron chi connectivity index (χ0n) is 14.6. The molecule has 0 aliphatic heterocycles. The average molecular weight is 352 g/mol.